The molecule has 0 radical (unpaired) electrons. The van der Waals surface area contributed by atoms with Crippen LogP contribution >= 0.6 is 0 Å². The van der Waals surface area contributed by atoms with Gasteiger partial charge in [0.15, 0.2) is 5.96 Å². The Bertz CT molecular complexity index is 547. The molecule has 0 unspecified atom stereocenters. The number of likely N-dealkylation sites (tertiary alicyclic amines) is 1. The van der Waals surface area contributed by atoms with E-state index in [2.05, 4.69) is 31.1 Å². The molecule has 2 saturated heterocycles. The Morgan fingerprint density at radius 3 is 2.46 bits per heavy atom. The van der Waals surface area contributed by atoms with Gasteiger partial charge in [0.1, 0.15) is 0 Å². The second kappa shape index (κ2) is 11.4. The van der Waals surface area contributed by atoms with Crippen LogP contribution in [0.5, 0.6) is 0 Å². The topological polar surface area (TPSA) is 60.4 Å². The van der Waals surface area contributed by atoms with E-state index in [0.717, 1.165) is 90.7 Å². The standard InChI is InChI=1S/C21H37N5O2/c1-22-21(23-9-6-19-7-16-28-17-8-19)26-14-12-24(13-15-26)18-20(27)25-10-4-2-3-5-11-25/h7H,2-6,8-18H2,1H3,(H,22,23). The molecule has 0 aromatic rings. The highest BCUT2D eigenvalue weighted by Gasteiger charge is 2.23. The lowest BCUT2D eigenvalue weighted by molar-refractivity contribution is -0.132. The van der Waals surface area contributed by atoms with Crippen LogP contribution in [0.3, 0.4) is 0 Å². The molecule has 158 valence electrons. The molecule has 1 N–H and O–H groups in total. The first-order valence-corrected chi connectivity index (χ1v) is 11.0. The molecular formula is C21H37N5O2. The lowest BCUT2D eigenvalue weighted by Crippen LogP contribution is -2.54. The van der Waals surface area contributed by atoms with Crippen LogP contribution in [-0.2, 0) is 9.53 Å². The van der Waals surface area contributed by atoms with Crippen molar-refractivity contribution >= 4 is 11.9 Å². The number of rotatable bonds is 5. The molecule has 3 heterocycles. The van der Waals surface area contributed by atoms with Crippen molar-refractivity contribution in [3.63, 3.8) is 0 Å². The zero-order valence-electron chi connectivity index (χ0n) is 17.5. The Morgan fingerprint density at radius 1 is 1.07 bits per heavy atom. The average Bonchev–Trinajstić information content (AvgIpc) is 3.02. The summed E-state index contributed by atoms with van der Waals surface area (Å²) in [7, 11) is 1.85. The molecular weight excluding hydrogens is 354 g/mol. The number of carbonyl (C=O) groups excluding carboxylic acids is 1. The van der Waals surface area contributed by atoms with Gasteiger partial charge in [0, 0.05) is 52.9 Å². The van der Waals surface area contributed by atoms with Crippen molar-refractivity contribution in [3.05, 3.63) is 11.6 Å². The minimum Gasteiger partial charge on any atom is -0.377 e. The predicted octanol–water partition coefficient (Wildman–Crippen LogP) is 1.32. The summed E-state index contributed by atoms with van der Waals surface area (Å²) in [5, 5.41) is 3.50. The molecule has 0 aromatic heterocycles. The highest BCUT2D eigenvalue weighted by molar-refractivity contribution is 5.80. The van der Waals surface area contributed by atoms with E-state index in [-0.39, 0.29) is 0 Å². The summed E-state index contributed by atoms with van der Waals surface area (Å²) >= 11 is 0. The highest BCUT2D eigenvalue weighted by atomic mass is 16.5. The summed E-state index contributed by atoms with van der Waals surface area (Å²) in [5.74, 6) is 1.29. The molecule has 2 fully saturated rings. The smallest absolute Gasteiger partial charge is 0.236 e. The zero-order chi connectivity index (χ0) is 19.6. The molecule has 3 aliphatic heterocycles. The van der Waals surface area contributed by atoms with Gasteiger partial charge in [-0.2, -0.15) is 0 Å². The number of piperazine rings is 1. The maximum atomic E-state index is 12.6. The fourth-order valence-corrected chi connectivity index (χ4v) is 4.19. The number of carbonyl (C=O) groups is 1. The van der Waals surface area contributed by atoms with Crippen LogP contribution in [0, 0.1) is 0 Å². The van der Waals surface area contributed by atoms with Crippen molar-refractivity contribution in [2.75, 3.05) is 72.6 Å². The Balaban J connectivity index is 1.37. The molecule has 1 amide bonds. The largest absolute Gasteiger partial charge is 0.377 e. The van der Waals surface area contributed by atoms with Gasteiger partial charge in [0.2, 0.25) is 5.91 Å². The van der Waals surface area contributed by atoms with Crippen LogP contribution in [0.4, 0.5) is 0 Å². The Hall–Kier alpha value is -1.60. The molecule has 7 heteroatoms. The van der Waals surface area contributed by atoms with Crippen molar-refractivity contribution < 1.29 is 9.53 Å². The van der Waals surface area contributed by atoms with E-state index in [1.54, 1.807) is 0 Å². The van der Waals surface area contributed by atoms with E-state index < -0.39 is 0 Å². The van der Waals surface area contributed by atoms with Gasteiger partial charge in [-0.1, -0.05) is 24.5 Å². The maximum absolute atomic E-state index is 12.6. The predicted molar refractivity (Wildman–Crippen MR) is 113 cm³/mol. The molecule has 3 aliphatic rings. The van der Waals surface area contributed by atoms with Crippen LogP contribution < -0.4 is 5.32 Å². The average molecular weight is 392 g/mol. The molecule has 0 saturated carbocycles. The maximum Gasteiger partial charge on any atom is 0.236 e. The minimum absolute atomic E-state index is 0.308. The van der Waals surface area contributed by atoms with E-state index in [1.165, 1.54) is 18.4 Å². The van der Waals surface area contributed by atoms with Crippen molar-refractivity contribution in [2.24, 2.45) is 4.99 Å². The second-order valence-corrected chi connectivity index (χ2v) is 7.97. The Kier molecular flexibility index (Phi) is 8.61. The summed E-state index contributed by atoms with van der Waals surface area (Å²) < 4.78 is 5.37. The van der Waals surface area contributed by atoms with Crippen molar-refractivity contribution in [3.8, 4) is 0 Å². The third-order valence-corrected chi connectivity index (χ3v) is 5.99. The van der Waals surface area contributed by atoms with E-state index in [4.69, 9.17) is 4.74 Å². The number of amides is 1. The normalized spacial score (nSPS) is 22.6. The van der Waals surface area contributed by atoms with Gasteiger partial charge < -0.3 is 19.9 Å². The number of ether oxygens (including phenoxy) is 1. The third-order valence-electron chi connectivity index (χ3n) is 5.99. The van der Waals surface area contributed by atoms with Crippen molar-refractivity contribution in [2.45, 2.75) is 38.5 Å². The van der Waals surface area contributed by atoms with Crippen LogP contribution in [0.15, 0.2) is 16.6 Å². The van der Waals surface area contributed by atoms with Gasteiger partial charge in [0.05, 0.1) is 19.8 Å². The number of nitrogens with zero attached hydrogens (tertiary/aromatic N) is 4. The fourth-order valence-electron chi connectivity index (χ4n) is 4.19. The first kappa shape index (κ1) is 21.1. The number of guanidine groups is 1. The van der Waals surface area contributed by atoms with Gasteiger partial charge >= 0.3 is 0 Å². The number of hydrogen-bond acceptors (Lipinski definition) is 4. The minimum atomic E-state index is 0.308. The quantitative estimate of drug-likeness (QED) is 0.435. The first-order valence-electron chi connectivity index (χ1n) is 11.0. The van der Waals surface area contributed by atoms with Gasteiger partial charge in [-0.05, 0) is 25.7 Å². The van der Waals surface area contributed by atoms with E-state index in [1.807, 2.05) is 7.05 Å². The molecule has 0 aliphatic carbocycles. The summed E-state index contributed by atoms with van der Waals surface area (Å²) in [6.45, 7) is 8.64. The van der Waals surface area contributed by atoms with Gasteiger partial charge in [-0.25, -0.2) is 0 Å². The van der Waals surface area contributed by atoms with Crippen molar-refractivity contribution in [1.82, 2.24) is 20.0 Å². The summed E-state index contributed by atoms with van der Waals surface area (Å²) in [5.41, 5.74) is 1.48. The SMILES string of the molecule is CN=C(NCCC1=CCOCC1)N1CCN(CC(=O)N2CCCCCC2)CC1. The molecule has 3 rings (SSSR count). The monoisotopic (exact) mass is 391 g/mol. The molecule has 0 aromatic carbocycles. The Labute approximate surface area is 169 Å². The number of hydrogen-bond donors (Lipinski definition) is 1. The van der Waals surface area contributed by atoms with Crippen LogP contribution in [-0.4, -0.2) is 99.2 Å². The fraction of sp³-hybridized carbons (Fsp3) is 0.810. The molecule has 0 spiro atoms. The lowest BCUT2D eigenvalue weighted by atomic mass is 10.1. The van der Waals surface area contributed by atoms with E-state index in [0.29, 0.717) is 12.5 Å². The van der Waals surface area contributed by atoms with Crippen LogP contribution in [0.25, 0.3) is 0 Å². The Morgan fingerprint density at radius 2 is 1.82 bits per heavy atom. The number of aliphatic imine (C=N–C) groups is 1. The summed E-state index contributed by atoms with van der Waals surface area (Å²) in [4.78, 5) is 23.7. The van der Waals surface area contributed by atoms with Crippen molar-refractivity contribution in [1.29, 1.82) is 0 Å². The molecule has 0 atom stereocenters. The second-order valence-electron chi connectivity index (χ2n) is 7.97. The van der Waals surface area contributed by atoms with Gasteiger partial charge in [-0.3, -0.25) is 14.7 Å². The highest BCUT2D eigenvalue weighted by Crippen LogP contribution is 2.12. The van der Waals surface area contributed by atoms with Gasteiger partial charge in [0.25, 0.3) is 0 Å². The van der Waals surface area contributed by atoms with Crippen LogP contribution in [0.2, 0.25) is 0 Å². The first-order chi connectivity index (χ1) is 13.8. The zero-order valence-corrected chi connectivity index (χ0v) is 17.5. The lowest BCUT2D eigenvalue weighted by Gasteiger charge is -2.37. The molecule has 7 nitrogen and oxygen atoms in total. The molecule has 0 bridgehead atoms. The van der Waals surface area contributed by atoms with Crippen LogP contribution in [0.1, 0.15) is 38.5 Å². The number of nitrogens with one attached hydrogen (secondary N) is 1. The third kappa shape index (κ3) is 6.48. The summed E-state index contributed by atoms with van der Waals surface area (Å²) in [6, 6.07) is 0. The van der Waals surface area contributed by atoms with Gasteiger partial charge in [-0.15, -0.1) is 0 Å². The summed E-state index contributed by atoms with van der Waals surface area (Å²) in [6.07, 6.45) is 9.14. The van der Waals surface area contributed by atoms with E-state index >= 15 is 0 Å². The molecule has 28 heavy (non-hydrogen) atoms. The van der Waals surface area contributed by atoms with E-state index in [9.17, 15) is 4.79 Å².